The van der Waals surface area contributed by atoms with Gasteiger partial charge in [-0.1, -0.05) is 19.9 Å². The predicted octanol–water partition coefficient (Wildman–Crippen LogP) is 5.52. The summed E-state index contributed by atoms with van der Waals surface area (Å²) in [6.07, 6.45) is 6.69. The van der Waals surface area contributed by atoms with Gasteiger partial charge < -0.3 is 20.0 Å². The maximum Gasteiger partial charge on any atom is 0.248 e. The van der Waals surface area contributed by atoms with Crippen LogP contribution in [0.1, 0.15) is 91.7 Å². The second-order valence-electron chi connectivity index (χ2n) is 14.6. The van der Waals surface area contributed by atoms with Gasteiger partial charge in [0.05, 0.1) is 18.0 Å². The molecule has 5 atom stereocenters. The number of anilines is 1. The average Bonchev–Trinajstić information content (AvgIpc) is 3.57. The van der Waals surface area contributed by atoms with Gasteiger partial charge in [0.25, 0.3) is 0 Å². The van der Waals surface area contributed by atoms with E-state index in [4.69, 9.17) is 9.52 Å². The standard InChI is InChI=1S/C38H41BrN10O4/c1-6-27-37-46-45-30(53-37)14-24-12-23(25-16-41-22(5)42-17-25)13-26-32(21(4)50)47-48(33(24)26)18-31(51)49-28(15-38(10-7-11-40-27)20(3)34(38)49)36(52)44-35-19(2)8-9-29(39)43-35/h8-9,12-13,16-17,20,27-28,34,40H,6-7,10-11,14-15,18H2,1-5H3,(H,43,44,52)/t20?,27?,28-,34?,38-/m0/s1. The number of amides is 2. The fraction of sp³-hybridized carbons (Fsp3) is 0.447. The van der Waals surface area contributed by atoms with Crippen LogP contribution in [-0.4, -0.2) is 76.1 Å². The number of aryl methyl sites for hydroxylation is 2. The Morgan fingerprint density at radius 1 is 1.13 bits per heavy atom. The zero-order valence-corrected chi connectivity index (χ0v) is 31.9. The molecule has 14 nitrogen and oxygen atoms in total. The minimum Gasteiger partial charge on any atom is -0.423 e. The first kappa shape index (κ1) is 35.2. The Morgan fingerprint density at radius 2 is 1.92 bits per heavy atom. The summed E-state index contributed by atoms with van der Waals surface area (Å²) < 4.78 is 8.47. The van der Waals surface area contributed by atoms with Gasteiger partial charge in [-0.15, -0.1) is 10.2 Å². The van der Waals surface area contributed by atoms with Gasteiger partial charge in [-0.3, -0.25) is 19.1 Å². The van der Waals surface area contributed by atoms with E-state index in [0.29, 0.717) is 51.9 Å². The number of nitrogens with zero attached hydrogens (tertiary/aromatic N) is 8. The molecular weight excluding hydrogens is 740 g/mol. The predicted molar refractivity (Wildman–Crippen MR) is 199 cm³/mol. The molecule has 15 heteroatoms. The van der Waals surface area contributed by atoms with Crippen LogP contribution in [0.25, 0.3) is 22.0 Å². The van der Waals surface area contributed by atoms with E-state index in [-0.39, 0.29) is 59.7 Å². The molecule has 1 aliphatic carbocycles. The fourth-order valence-corrected chi connectivity index (χ4v) is 8.89. The van der Waals surface area contributed by atoms with Crippen LogP contribution in [-0.2, 0) is 22.6 Å². The van der Waals surface area contributed by atoms with Crippen molar-refractivity contribution in [2.75, 3.05) is 11.9 Å². The van der Waals surface area contributed by atoms with Crippen molar-refractivity contribution in [3.05, 3.63) is 75.7 Å². The molecule has 2 fully saturated rings. The van der Waals surface area contributed by atoms with Crippen LogP contribution in [0.2, 0.25) is 0 Å². The largest absolute Gasteiger partial charge is 0.423 e. The molecule has 4 bridgehead atoms. The second kappa shape index (κ2) is 13.5. The zero-order chi connectivity index (χ0) is 37.2. The summed E-state index contributed by atoms with van der Waals surface area (Å²) in [6.45, 7) is 9.96. The SMILES string of the molecule is CCC1NCCC[C@@]23C[C@@H](C(=O)Nc4nc(Br)ccc4C)N(C(=O)Cn4nc(C(C)=O)c5cc(-c6cnc(C)nc6)cc(c54)Cc4nnc1o4)C2C3C. The number of halogens is 1. The molecule has 6 heterocycles. The molecule has 53 heavy (non-hydrogen) atoms. The van der Waals surface area contributed by atoms with Crippen molar-refractivity contribution >= 4 is 50.2 Å². The number of piperidine rings is 1. The first-order valence-electron chi connectivity index (χ1n) is 18.1. The number of hydrogen-bond acceptors (Lipinski definition) is 11. The molecule has 2 aliphatic heterocycles. The molecule has 0 spiro atoms. The Morgan fingerprint density at radius 3 is 2.68 bits per heavy atom. The molecule has 3 unspecified atom stereocenters. The van der Waals surface area contributed by atoms with Gasteiger partial charge in [-0.05, 0) is 108 Å². The van der Waals surface area contributed by atoms with Crippen molar-refractivity contribution in [1.82, 2.24) is 45.1 Å². The summed E-state index contributed by atoms with van der Waals surface area (Å²) in [5.74, 6) is 1.45. The first-order chi connectivity index (χ1) is 25.5. The molecule has 274 valence electrons. The van der Waals surface area contributed by atoms with Crippen LogP contribution >= 0.6 is 15.9 Å². The van der Waals surface area contributed by atoms with Gasteiger partial charge in [-0.25, -0.2) is 15.0 Å². The summed E-state index contributed by atoms with van der Waals surface area (Å²) in [7, 11) is 0. The number of carbonyl (C=O) groups is 3. The van der Waals surface area contributed by atoms with E-state index in [0.717, 1.165) is 41.5 Å². The quantitative estimate of drug-likeness (QED) is 0.170. The van der Waals surface area contributed by atoms with E-state index in [1.165, 1.54) is 6.92 Å². The number of hydrogen-bond donors (Lipinski definition) is 2. The molecule has 3 aliphatic rings. The fourth-order valence-electron chi connectivity index (χ4n) is 8.58. The molecule has 4 aromatic heterocycles. The minimum absolute atomic E-state index is 0.111. The monoisotopic (exact) mass is 780 g/mol. The van der Waals surface area contributed by atoms with Gasteiger partial charge in [0.1, 0.15) is 34.5 Å². The Labute approximate surface area is 314 Å². The molecule has 1 saturated heterocycles. The third-order valence-corrected chi connectivity index (χ3v) is 11.8. The van der Waals surface area contributed by atoms with E-state index in [9.17, 15) is 14.4 Å². The Hall–Kier alpha value is -4.89. The maximum absolute atomic E-state index is 14.7. The van der Waals surface area contributed by atoms with Crippen LogP contribution in [0.15, 0.2) is 45.7 Å². The highest BCUT2D eigenvalue weighted by Gasteiger charge is 2.71. The number of nitrogens with one attached hydrogen (secondary N) is 2. The van der Waals surface area contributed by atoms with Crippen LogP contribution in [0.3, 0.4) is 0 Å². The molecule has 2 amide bonds. The van der Waals surface area contributed by atoms with Gasteiger partial charge in [0.15, 0.2) is 5.78 Å². The Kier molecular flexibility index (Phi) is 8.96. The van der Waals surface area contributed by atoms with Crippen molar-refractivity contribution in [2.24, 2.45) is 11.3 Å². The number of Topliss-reactive ketones (excluding diaryl/α,β-unsaturated/α-hetero) is 1. The lowest BCUT2D eigenvalue weighted by atomic mass is 9.91. The lowest BCUT2D eigenvalue weighted by Crippen LogP contribution is -2.47. The van der Waals surface area contributed by atoms with Crippen molar-refractivity contribution in [1.29, 1.82) is 0 Å². The van der Waals surface area contributed by atoms with E-state index in [2.05, 4.69) is 65.6 Å². The normalized spacial score (nSPS) is 24.2. The van der Waals surface area contributed by atoms with E-state index >= 15 is 0 Å². The van der Waals surface area contributed by atoms with Gasteiger partial charge in [0.2, 0.25) is 23.6 Å². The first-order valence-corrected chi connectivity index (χ1v) is 18.9. The highest BCUT2D eigenvalue weighted by atomic mass is 79.9. The van der Waals surface area contributed by atoms with Crippen molar-refractivity contribution in [2.45, 2.75) is 91.4 Å². The molecule has 1 saturated carbocycles. The summed E-state index contributed by atoms with van der Waals surface area (Å²) in [5, 5.41) is 20.8. The number of pyridine rings is 1. The Bertz CT molecular complexity index is 2270. The highest BCUT2D eigenvalue weighted by Crippen LogP contribution is 2.66. The third kappa shape index (κ3) is 6.22. The number of aromatic nitrogens is 7. The number of benzene rings is 1. The lowest BCUT2D eigenvalue weighted by Gasteiger charge is -2.28. The van der Waals surface area contributed by atoms with E-state index in [1.807, 2.05) is 38.1 Å². The number of carbonyl (C=O) groups excluding carboxylic acids is 3. The minimum atomic E-state index is -0.700. The van der Waals surface area contributed by atoms with Gasteiger partial charge in [-0.2, -0.15) is 5.10 Å². The number of ketones is 1. The summed E-state index contributed by atoms with van der Waals surface area (Å²) >= 11 is 3.41. The van der Waals surface area contributed by atoms with Crippen LogP contribution in [0, 0.1) is 25.2 Å². The van der Waals surface area contributed by atoms with Crippen molar-refractivity contribution in [3.8, 4) is 11.1 Å². The second-order valence-corrected chi connectivity index (χ2v) is 15.4. The Balaban J connectivity index is 1.25. The summed E-state index contributed by atoms with van der Waals surface area (Å²) in [4.78, 5) is 57.1. The molecule has 5 aromatic rings. The van der Waals surface area contributed by atoms with E-state index in [1.54, 1.807) is 22.0 Å². The average molecular weight is 782 g/mol. The van der Waals surface area contributed by atoms with Gasteiger partial charge in [0, 0.05) is 36.3 Å². The molecule has 1 aromatic carbocycles. The third-order valence-electron chi connectivity index (χ3n) is 11.4. The van der Waals surface area contributed by atoms with Crippen molar-refractivity contribution < 1.29 is 18.8 Å². The van der Waals surface area contributed by atoms with Crippen LogP contribution in [0.5, 0.6) is 0 Å². The summed E-state index contributed by atoms with van der Waals surface area (Å²) in [5.41, 5.74) is 3.74. The molecule has 2 N–H and O–H groups in total. The molecule has 0 radical (unpaired) electrons. The van der Waals surface area contributed by atoms with Crippen molar-refractivity contribution in [3.63, 3.8) is 0 Å². The summed E-state index contributed by atoms with van der Waals surface area (Å²) in [6, 6.07) is 6.63. The number of fused-ring (bicyclic) bond motifs is 2. The van der Waals surface area contributed by atoms with E-state index < -0.39 is 6.04 Å². The van der Waals surface area contributed by atoms with Crippen LogP contribution < -0.4 is 10.6 Å². The number of rotatable bonds is 5. The van der Waals surface area contributed by atoms with Crippen LogP contribution in [0.4, 0.5) is 5.82 Å². The molecular formula is C38H41BrN10O4. The zero-order valence-electron chi connectivity index (χ0n) is 30.3. The van der Waals surface area contributed by atoms with Gasteiger partial charge >= 0.3 is 0 Å². The maximum atomic E-state index is 14.7. The highest BCUT2D eigenvalue weighted by molar-refractivity contribution is 9.10. The smallest absolute Gasteiger partial charge is 0.248 e. The molecule has 8 rings (SSSR count). The lowest BCUT2D eigenvalue weighted by molar-refractivity contribution is -0.138. The topological polar surface area (TPSA) is 174 Å².